The predicted molar refractivity (Wildman–Crippen MR) is 140 cm³/mol. The van der Waals surface area contributed by atoms with Gasteiger partial charge in [-0.05, 0) is 43.9 Å². The van der Waals surface area contributed by atoms with Crippen LogP contribution in [-0.2, 0) is 25.7 Å². The van der Waals surface area contributed by atoms with Gasteiger partial charge in [0.15, 0.2) is 17.3 Å². The molecule has 1 saturated carbocycles. The predicted octanol–water partition coefficient (Wildman–Crippen LogP) is 2.05. The highest BCUT2D eigenvalue weighted by Crippen LogP contribution is 2.48. The van der Waals surface area contributed by atoms with E-state index in [0.717, 1.165) is 18.2 Å². The number of piperidine rings is 1. The van der Waals surface area contributed by atoms with E-state index in [1.165, 1.54) is 15.8 Å². The van der Waals surface area contributed by atoms with Crippen LogP contribution in [0.5, 0.6) is 5.75 Å². The zero-order valence-electron chi connectivity index (χ0n) is 22.7. The fraction of sp³-hybridized carbons (Fsp3) is 0.346. The molecule has 234 valence electrons. The molecule has 5 N–H and O–H groups in total. The standard InChI is InChI=1S/C23H20F4N6O4.C3H4O4/c1-10-5-12-16(8-29-10)32(31-20(12)21(28)35)9-18(34)33-14-6-11(14)7-15(33)22(36)30-13-3-2-4-17(19(13)24)37-23(25,26)27;4-2(5)1-3(6)7/h2-5,8,11,14-15H,6-7,9H2,1H3,(H2,28,35)(H,30,36);1H2,(H,4,5)(H,6,7)/t11-,14-,15+;/m1./s1. The Balaban J connectivity index is 0.000000566. The Bertz CT molecular complexity index is 1650. The van der Waals surface area contributed by atoms with Crippen molar-refractivity contribution in [2.75, 3.05) is 5.32 Å². The summed E-state index contributed by atoms with van der Waals surface area (Å²) < 4.78 is 57.1. The smallest absolute Gasteiger partial charge is 0.481 e. The molecule has 1 aromatic carbocycles. The Hall–Kier alpha value is -5.29. The molecule has 3 atom stereocenters. The number of carboxylic acid groups (broad SMARTS) is 2. The minimum Gasteiger partial charge on any atom is -0.481 e. The third-order valence-electron chi connectivity index (χ3n) is 6.74. The largest absolute Gasteiger partial charge is 0.573 e. The summed E-state index contributed by atoms with van der Waals surface area (Å²) in [6.07, 6.45) is -3.45. The molecule has 1 aliphatic heterocycles. The summed E-state index contributed by atoms with van der Waals surface area (Å²) in [5, 5.41) is 22.3. The first kappa shape index (κ1) is 31.6. The van der Waals surface area contributed by atoms with Gasteiger partial charge in [0.05, 0.1) is 17.4 Å². The molecule has 1 saturated heterocycles. The number of carbonyl (C=O) groups excluding carboxylic acids is 3. The number of aliphatic carboxylic acids is 2. The maximum Gasteiger partial charge on any atom is 0.573 e. The lowest BCUT2D eigenvalue weighted by Crippen LogP contribution is -2.46. The highest BCUT2D eigenvalue weighted by atomic mass is 19.4. The number of nitrogens with zero attached hydrogens (tertiary/aromatic N) is 4. The first-order valence-corrected chi connectivity index (χ1v) is 12.8. The number of hydrogen-bond acceptors (Lipinski definition) is 8. The highest BCUT2D eigenvalue weighted by Gasteiger charge is 2.56. The van der Waals surface area contributed by atoms with Gasteiger partial charge in [-0.1, -0.05) is 6.07 Å². The van der Waals surface area contributed by atoms with E-state index in [1.54, 1.807) is 13.0 Å². The number of carboxylic acids is 2. The van der Waals surface area contributed by atoms with Gasteiger partial charge < -0.3 is 30.9 Å². The minimum absolute atomic E-state index is 0.0234. The molecule has 2 aromatic heterocycles. The molecule has 3 amide bonds. The second kappa shape index (κ2) is 12.1. The van der Waals surface area contributed by atoms with E-state index in [9.17, 15) is 41.5 Å². The number of aryl methyl sites for hydroxylation is 1. The van der Waals surface area contributed by atoms with Gasteiger partial charge in [0.25, 0.3) is 5.91 Å². The number of hydrogen-bond donors (Lipinski definition) is 4. The number of carbonyl (C=O) groups is 5. The Morgan fingerprint density at radius 3 is 2.41 bits per heavy atom. The van der Waals surface area contributed by atoms with Crippen LogP contribution in [0.4, 0.5) is 23.2 Å². The van der Waals surface area contributed by atoms with Crippen LogP contribution in [0.2, 0.25) is 0 Å². The molecular weight excluding hydrogens is 600 g/mol. The number of fused-ring (bicyclic) bond motifs is 2. The van der Waals surface area contributed by atoms with Crippen molar-refractivity contribution in [3.8, 4) is 5.75 Å². The number of pyridine rings is 1. The number of amides is 3. The van der Waals surface area contributed by atoms with Crippen LogP contribution in [0.25, 0.3) is 10.9 Å². The molecule has 5 rings (SSSR count). The van der Waals surface area contributed by atoms with Crippen molar-refractivity contribution < 1.29 is 56.5 Å². The fourth-order valence-electron chi connectivity index (χ4n) is 4.89. The molecule has 0 radical (unpaired) electrons. The van der Waals surface area contributed by atoms with Crippen molar-refractivity contribution in [2.45, 2.75) is 51.2 Å². The first-order chi connectivity index (χ1) is 20.6. The molecule has 0 unspecified atom stereocenters. The molecule has 3 aromatic rings. The molecule has 3 heterocycles. The Morgan fingerprint density at radius 1 is 1.14 bits per heavy atom. The maximum absolute atomic E-state index is 14.5. The van der Waals surface area contributed by atoms with Crippen LogP contribution in [0.3, 0.4) is 0 Å². The molecule has 0 spiro atoms. The zero-order valence-corrected chi connectivity index (χ0v) is 22.7. The number of rotatable bonds is 8. The Kier molecular flexibility index (Phi) is 8.73. The Morgan fingerprint density at radius 2 is 1.82 bits per heavy atom. The molecule has 44 heavy (non-hydrogen) atoms. The summed E-state index contributed by atoms with van der Waals surface area (Å²) in [5.74, 6) is -7.03. The van der Waals surface area contributed by atoms with Crippen molar-refractivity contribution in [1.82, 2.24) is 19.7 Å². The number of nitrogens with two attached hydrogens (primary N) is 1. The summed E-state index contributed by atoms with van der Waals surface area (Å²) in [6, 6.07) is 3.42. The second-order valence-electron chi connectivity index (χ2n) is 9.95. The van der Waals surface area contributed by atoms with E-state index in [-0.39, 0.29) is 24.2 Å². The summed E-state index contributed by atoms with van der Waals surface area (Å²) in [4.78, 5) is 62.6. The number of likely N-dealkylation sites (tertiary alicyclic amines) is 1. The number of aromatic nitrogens is 3. The normalized spacial score (nSPS) is 18.6. The summed E-state index contributed by atoms with van der Waals surface area (Å²) in [5.41, 5.74) is 5.93. The maximum atomic E-state index is 14.5. The van der Waals surface area contributed by atoms with Crippen LogP contribution in [-0.4, -0.2) is 78.0 Å². The van der Waals surface area contributed by atoms with Gasteiger partial charge in [-0.3, -0.25) is 33.6 Å². The van der Waals surface area contributed by atoms with Gasteiger partial charge in [0.2, 0.25) is 11.8 Å². The number of benzene rings is 1. The van der Waals surface area contributed by atoms with Crippen LogP contribution >= 0.6 is 0 Å². The third-order valence-corrected chi connectivity index (χ3v) is 6.74. The molecule has 18 heteroatoms. The van der Waals surface area contributed by atoms with Crippen LogP contribution in [0.15, 0.2) is 30.5 Å². The first-order valence-electron chi connectivity index (χ1n) is 12.8. The van der Waals surface area contributed by atoms with E-state index in [1.807, 2.05) is 0 Å². The van der Waals surface area contributed by atoms with E-state index < -0.39 is 65.7 Å². The summed E-state index contributed by atoms with van der Waals surface area (Å²) >= 11 is 0. The monoisotopic (exact) mass is 624 g/mol. The topological polar surface area (TPSA) is 207 Å². The van der Waals surface area contributed by atoms with Gasteiger partial charge in [-0.2, -0.15) is 5.10 Å². The number of ether oxygens (including phenoxy) is 1. The van der Waals surface area contributed by atoms with Gasteiger partial charge in [-0.15, -0.1) is 13.2 Å². The van der Waals surface area contributed by atoms with Crippen LogP contribution in [0.1, 0.15) is 35.4 Å². The quantitative estimate of drug-likeness (QED) is 0.212. The van der Waals surface area contributed by atoms with Crippen molar-refractivity contribution in [2.24, 2.45) is 11.7 Å². The van der Waals surface area contributed by atoms with Crippen molar-refractivity contribution in [1.29, 1.82) is 0 Å². The summed E-state index contributed by atoms with van der Waals surface area (Å²) in [7, 11) is 0. The lowest BCUT2D eigenvalue weighted by atomic mass is 10.1. The second-order valence-corrected chi connectivity index (χ2v) is 9.95. The van der Waals surface area contributed by atoms with E-state index in [0.29, 0.717) is 29.4 Å². The fourth-order valence-corrected chi connectivity index (χ4v) is 4.89. The average molecular weight is 625 g/mol. The molecule has 2 aliphatic rings. The molecule has 2 fully saturated rings. The van der Waals surface area contributed by atoms with Gasteiger partial charge in [-0.25, -0.2) is 4.39 Å². The van der Waals surface area contributed by atoms with Gasteiger partial charge in [0.1, 0.15) is 19.0 Å². The summed E-state index contributed by atoms with van der Waals surface area (Å²) in [6.45, 7) is 1.41. The SMILES string of the molecule is Cc1cc2c(C(N)=O)nn(CC(=O)N3[C@@H]4C[C@@H]4C[C@H]3C(=O)Nc3cccc(OC(F)(F)F)c3F)c2cn1.O=C(O)CC(=O)O. The zero-order chi connectivity index (χ0) is 32.5. The molecule has 14 nitrogen and oxygen atoms in total. The van der Waals surface area contributed by atoms with Crippen LogP contribution in [0, 0.1) is 18.7 Å². The van der Waals surface area contributed by atoms with E-state index in [4.69, 9.17) is 15.9 Å². The highest BCUT2D eigenvalue weighted by molar-refractivity contribution is 6.04. The van der Waals surface area contributed by atoms with Crippen molar-refractivity contribution in [3.63, 3.8) is 0 Å². The Labute approximate surface area is 244 Å². The van der Waals surface area contributed by atoms with E-state index >= 15 is 0 Å². The molecule has 1 aliphatic carbocycles. The average Bonchev–Trinajstić information content (AvgIpc) is 3.41. The van der Waals surface area contributed by atoms with Crippen LogP contribution < -0.4 is 15.8 Å². The number of primary amides is 1. The van der Waals surface area contributed by atoms with Crippen molar-refractivity contribution >= 4 is 46.3 Å². The number of halogens is 4. The van der Waals surface area contributed by atoms with Gasteiger partial charge >= 0.3 is 18.3 Å². The lowest BCUT2D eigenvalue weighted by molar-refractivity contribution is -0.275. The molecular formula is C26H24F4N6O8. The van der Waals surface area contributed by atoms with E-state index in [2.05, 4.69) is 20.1 Å². The van der Waals surface area contributed by atoms with Gasteiger partial charge in [0, 0.05) is 17.1 Å². The third kappa shape index (κ3) is 7.19. The van der Waals surface area contributed by atoms with Crippen molar-refractivity contribution in [3.05, 3.63) is 47.7 Å². The molecule has 0 bridgehead atoms. The minimum atomic E-state index is -5.11. The number of alkyl halides is 3. The number of nitrogens with one attached hydrogen (secondary N) is 1. The number of anilines is 1. The lowest BCUT2D eigenvalue weighted by Gasteiger charge is -2.27.